The van der Waals surface area contributed by atoms with Crippen molar-refractivity contribution in [2.24, 2.45) is 0 Å². The highest BCUT2D eigenvalue weighted by Crippen LogP contribution is 2.31. The molecule has 1 atom stereocenters. The van der Waals surface area contributed by atoms with Gasteiger partial charge in [-0.25, -0.2) is 0 Å². The smallest absolute Gasteiger partial charge is 0.159 e. The van der Waals surface area contributed by atoms with Gasteiger partial charge in [-0.05, 0) is 25.7 Å². The van der Waals surface area contributed by atoms with Gasteiger partial charge in [-0.3, -0.25) is 0 Å². The van der Waals surface area contributed by atoms with Crippen LogP contribution in [0.4, 0.5) is 5.82 Å². The summed E-state index contributed by atoms with van der Waals surface area (Å²) in [5.41, 5.74) is 0. The first-order valence-electron chi connectivity index (χ1n) is 6.98. The number of hydrogen-bond donors (Lipinski definition) is 1. The van der Waals surface area contributed by atoms with Crippen LogP contribution in [0.15, 0.2) is 30.5 Å². The van der Waals surface area contributed by atoms with E-state index >= 15 is 0 Å². The summed E-state index contributed by atoms with van der Waals surface area (Å²) in [7, 11) is 0. The van der Waals surface area contributed by atoms with Crippen molar-refractivity contribution in [3.8, 4) is 0 Å². The summed E-state index contributed by atoms with van der Waals surface area (Å²) in [6, 6.07) is 8.76. The van der Waals surface area contributed by atoms with Gasteiger partial charge >= 0.3 is 0 Å². The van der Waals surface area contributed by atoms with E-state index < -0.39 is 0 Å². The van der Waals surface area contributed by atoms with Gasteiger partial charge in [-0.2, -0.15) is 5.10 Å². The van der Waals surface area contributed by atoms with Crippen molar-refractivity contribution in [3.05, 3.63) is 30.5 Å². The molecule has 0 bridgehead atoms. The molecule has 0 amide bonds. The topological polar surface area (TPSA) is 49.2 Å². The maximum absolute atomic E-state index is 9.01. The van der Waals surface area contributed by atoms with Crippen molar-refractivity contribution in [2.45, 2.75) is 31.7 Å². The fourth-order valence-electron chi connectivity index (χ4n) is 2.97. The summed E-state index contributed by atoms with van der Waals surface area (Å²) in [6.07, 6.45) is 6.09. The third kappa shape index (κ3) is 2.40. The lowest BCUT2D eigenvalue weighted by Crippen LogP contribution is -2.30. The van der Waals surface area contributed by atoms with Crippen LogP contribution >= 0.6 is 0 Å². The van der Waals surface area contributed by atoms with Crippen molar-refractivity contribution in [1.82, 2.24) is 10.2 Å². The van der Waals surface area contributed by atoms with Crippen LogP contribution in [0.25, 0.3) is 10.8 Å². The fourth-order valence-corrected chi connectivity index (χ4v) is 2.97. The number of anilines is 1. The standard InChI is InChI=1S/C15H19N3O/c19-10-4-7-13-6-3-9-18(13)15-14-8-2-1-5-12(14)11-16-17-15/h1-2,5,8,11,13,19H,3-4,6-7,9-10H2. The van der Waals surface area contributed by atoms with Gasteiger partial charge < -0.3 is 10.0 Å². The summed E-state index contributed by atoms with van der Waals surface area (Å²) in [6.45, 7) is 1.31. The predicted molar refractivity (Wildman–Crippen MR) is 76.2 cm³/mol. The molecule has 100 valence electrons. The quantitative estimate of drug-likeness (QED) is 0.913. The molecule has 1 aliphatic rings. The highest BCUT2D eigenvalue weighted by Gasteiger charge is 2.26. The van der Waals surface area contributed by atoms with E-state index in [2.05, 4.69) is 27.2 Å². The lowest BCUT2D eigenvalue weighted by molar-refractivity contribution is 0.279. The fraction of sp³-hybridized carbons (Fsp3) is 0.467. The highest BCUT2D eigenvalue weighted by molar-refractivity contribution is 5.91. The summed E-state index contributed by atoms with van der Waals surface area (Å²) < 4.78 is 0. The average molecular weight is 257 g/mol. The molecule has 1 N–H and O–H groups in total. The summed E-state index contributed by atoms with van der Waals surface area (Å²) in [4.78, 5) is 2.37. The van der Waals surface area contributed by atoms with Gasteiger partial charge in [0.15, 0.2) is 5.82 Å². The van der Waals surface area contributed by atoms with E-state index in [1.54, 1.807) is 0 Å². The van der Waals surface area contributed by atoms with E-state index in [0.29, 0.717) is 6.04 Å². The third-order valence-corrected chi connectivity index (χ3v) is 3.90. The van der Waals surface area contributed by atoms with Gasteiger partial charge in [-0.1, -0.05) is 24.3 Å². The lowest BCUT2D eigenvalue weighted by Gasteiger charge is -2.26. The Kier molecular flexibility index (Phi) is 3.60. The second-order valence-corrected chi connectivity index (χ2v) is 5.11. The van der Waals surface area contributed by atoms with Crippen molar-refractivity contribution in [1.29, 1.82) is 0 Å². The third-order valence-electron chi connectivity index (χ3n) is 3.90. The Bertz CT molecular complexity index is 553. The van der Waals surface area contributed by atoms with Crippen LogP contribution in [0.2, 0.25) is 0 Å². The molecule has 1 aromatic heterocycles. The van der Waals surface area contributed by atoms with Gasteiger partial charge in [0.1, 0.15) is 0 Å². The molecule has 4 heteroatoms. The molecule has 4 nitrogen and oxygen atoms in total. The second kappa shape index (κ2) is 5.53. The number of benzene rings is 1. The van der Waals surface area contributed by atoms with Crippen molar-refractivity contribution >= 4 is 16.6 Å². The molecule has 1 aromatic carbocycles. The van der Waals surface area contributed by atoms with E-state index in [1.165, 1.54) is 18.2 Å². The molecule has 1 unspecified atom stereocenters. The molecule has 0 saturated carbocycles. The van der Waals surface area contributed by atoms with Crippen LogP contribution < -0.4 is 4.90 Å². The molecule has 19 heavy (non-hydrogen) atoms. The Hall–Kier alpha value is -1.68. The first-order chi connectivity index (χ1) is 9.40. The van der Waals surface area contributed by atoms with E-state index in [-0.39, 0.29) is 6.61 Å². The maximum atomic E-state index is 9.01. The number of aliphatic hydroxyl groups excluding tert-OH is 1. The van der Waals surface area contributed by atoms with Crippen molar-refractivity contribution < 1.29 is 5.11 Å². The van der Waals surface area contributed by atoms with Crippen molar-refractivity contribution in [2.75, 3.05) is 18.1 Å². The zero-order chi connectivity index (χ0) is 13.1. The molecular weight excluding hydrogens is 238 g/mol. The zero-order valence-corrected chi connectivity index (χ0v) is 11.0. The van der Waals surface area contributed by atoms with Gasteiger partial charge in [-0.15, -0.1) is 5.10 Å². The molecule has 1 aliphatic heterocycles. The molecule has 2 heterocycles. The predicted octanol–water partition coefficient (Wildman–Crippen LogP) is 2.37. The summed E-state index contributed by atoms with van der Waals surface area (Å²) in [5.74, 6) is 0.999. The minimum atomic E-state index is 0.269. The van der Waals surface area contributed by atoms with Crippen LogP contribution in [0, 0.1) is 0 Å². The van der Waals surface area contributed by atoms with Crippen LogP contribution in [0.5, 0.6) is 0 Å². The van der Waals surface area contributed by atoms with Gasteiger partial charge in [0.05, 0.1) is 6.20 Å². The number of hydrogen-bond acceptors (Lipinski definition) is 4. The van der Waals surface area contributed by atoms with Crippen LogP contribution in [0.1, 0.15) is 25.7 Å². The number of nitrogens with zero attached hydrogens (tertiary/aromatic N) is 3. The highest BCUT2D eigenvalue weighted by atomic mass is 16.2. The van der Waals surface area contributed by atoms with E-state index in [4.69, 9.17) is 5.11 Å². The number of aromatic nitrogens is 2. The first-order valence-corrected chi connectivity index (χ1v) is 6.98. The van der Waals surface area contributed by atoms with Crippen LogP contribution in [0.3, 0.4) is 0 Å². The van der Waals surface area contributed by atoms with Crippen molar-refractivity contribution in [3.63, 3.8) is 0 Å². The van der Waals surface area contributed by atoms with Gasteiger partial charge in [0.2, 0.25) is 0 Å². The van der Waals surface area contributed by atoms with E-state index in [9.17, 15) is 0 Å². The average Bonchev–Trinajstić information content (AvgIpc) is 2.92. The number of rotatable bonds is 4. The van der Waals surface area contributed by atoms with E-state index in [1.807, 2.05) is 18.3 Å². The minimum absolute atomic E-state index is 0.269. The molecule has 0 radical (unpaired) electrons. The Labute approximate surface area is 113 Å². The molecular formula is C15H19N3O. The Morgan fingerprint density at radius 2 is 2.21 bits per heavy atom. The monoisotopic (exact) mass is 257 g/mol. The summed E-state index contributed by atoms with van der Waals surface area (Å²) in [5, 5.41) is 19.8. The number of aliphatic hydroxyl groups is 1. The SMILES string of the molecule is OCCCC1CCCN1c1nncc2ccccc12. The Balaban J connectivity index is 1.94. The summed E-state index contributed by atoms with van der Waals surface area (Å²) >= 11 is 0. The molecule has 0 spiro atoms. The molecule has 1 saturated heterocycles. The van der Waals surface area contributed by atoms with Crippen LogP contribution in [-0.4, -0.2) is 34.5 Å². The molecule has 2 aromatic rings. The first kappa shape index (κ1) is 12.4. The lowest BCUT2D eigenvalue weighted by atomic mass is 10.1. The van der Waals surface area contributed by atoms with E-state index in [0.717, 1.165) is 30.6 Å². The maximum Gasteiger partial charge on any atom is 0.159 e. The Morgan fingerprint density at radius 1 is 1.32 bits per heavy atom. The molecule has 3 rings (SSSR count). The molecule has 0 aliphatic carbocycles. The second-order valence-electron chi connectivity index (χ2n) is 5.11. The minimum Gasteiger partial charge on any atom is -0.396 e. The Morgan fingerprint density at radius 3 is 3.11 bits per heavy atom. The number of fused-ring (bicyclic) bond motifs is 1. The molecule has 1 fully saturated rings. The van der Waals surface area contributed by atoms with Gasteiger partial charge in [0, 0.05) is 30.0 Å². The zero-order valence-electron chi connectivity index (χ0n) is 11.0. The van der Waals surface area contributed by atoms with Crippen LogP contribution in [-0.2, 0) is 0 Å². The largest absolute Gasteiger partial charge is 0.396 e. The normalized spacial score (nSPS) is 19.2. The van der Waals surface area contributed by atoms with Gasteiger partial charge in [0.25, 0.3) is 0 Å².